The fourth-order valence-electron chi connectivity index (χ4n) is 4.57. The zero-order valence-electron chi connectivity index (χ0n) is 20.5. The minimum absolute atomic E-state index is 0.286. The van der Waals surface area contributed by atoms with E-state index in [0.29, 0.717) is 11.3 Å². The predicted octanol–water partition coefficient (Wildman–Crippen LogP) is 6.35. The first-order chi connectivity index (χ1) is 17.1. The molecule has 1 aliphatic heterocycles. The zero-order chi connectivity index (χ0) is 24.6. The summed E-state index contributed by atoms with van der Waals surface area (Å²) in [6, 6.07) is 14.2. The molecule has 1 aromatic heterocycles. The molecule has 0 saturated carbocycles. The van der Waals surface area contributed by atoms with Crippen LogP contribution >= 0.6 is 0 Å². The number of hydrogen-bond donors (Lipinski definition) is 2. The van der Waals surface area contributed by atoms with Gasteiger partial charge in [0.15, 0.2) is 0 Å². The summed E-state index contributed by atoms with van der Waals surface area (Å²) in [7, 11) is 0. The summed E-state index contributed by atoms with van der Waals surface area (Å²) in [5.41, 5.74) is 5.81. The number of carbonyl (C=O) groups excluding carboxylic acids is 1. The number of rotatable bonds is 8. The van der Waals surface area contributed by atoms with Crippen LogP contribution in [0.2, 0.25) is 0 Å². The number of carbonyl (C=O) groups is 1. The van der Waals surface area contributed by atoms with E-state index >= 15 is 0 Å². The number of aromatic nitrogens is 1. The summed E-state index contributed by atoms with van der Waals surface area (Å²) in [6.07, 6.45) is 9.43. The lowest BCUT2D eigenvalue weighted by Crippen LogP contribution is -2.29. The number of hydrogen-bond acceptors (Lipinski definition) is 4. The molecule has 3 aromatic rings. The Morgan fingerprint density at radius 1 is 1.06 bits per heavy atom. The van der Waals surface area contributed by atoms with Gasteiger partial charge < -0.3 is 10.6 Å². The Hall–Kier alpha value is -3.51. The van der Waals surface area contributed by atoms with E-state index < -0.39 is 5.82 Å². The molecular weight excluding hydrogens is 439 g/mol. The van der Waals surface area contributed by atoms with E-state index in [2.05, 4.69) is 32.7 Å². The zero-order valence-corrected chi connectivity index (χ0v) is 20.5. The number of nitrogens with zero attached hydrogens (tertiary/aromatic N) is 2. The van der Waals surface area contributed by atoms with Crippen LogP contribution in [0.15, 0.2) is 67.0 Å². The van der Waals surface area contributed by atoms with Crippen LogP contribution in [0.1, 0.15) is 44.2 Å². The lowest BCUT2D eigenvalue weighted by atomic mass is 9.96. The molecule has 2 heterocycles. The second-order valence-corrected chi connectivity index (χ2v) is 8.88. The molecule has 0 radical (unpaired) electrons. The van der Waals surface area contributed by atoms with Gasteiger partial charge in [0.1, 0.15) is 5.82 Å². The Balaban J connectivity index is 1.63. The van der Waals surface area contributed by atoms with Crippen molar-refractivity contribution in [1.82, 2.24) is 9.88 Å². The fraction of sp³-hybridized carbons (Fsp3) is 0.310. The maximum absolute atomic E-state index is 13.6. The average Bonchev–Trinajstić information content (AvgIpc) is 2.86. The van der Waals surface area contributed by atoms with Crippen molar-refractivity contribution < 1.29 is 9.18 Å². The molecule has 4 rings (SSSR count). The summed E-state index contributed by atoms with van der Waals surface area (Å²) in [6.45, 7) is 7.76. The largest absolute Gasteiger partial charge is 0.385 e. The van der Waals surface area contributed by atoms with Crippen LogP contribution in [0.4, 0.5) is 15.8 Å². The number of nitrogens with one attached hydrogen (secondary N) is 2. The van der Waals surface area contributed by atoms with Crippen molar-refractivity contribution >= 4 is 22.9 Å². The molecule has 35 heavy (non-hydrogen) atoms. The van der Waals surface area contributed by atoms with Crippen LogP contribution in [0.5, 0.6) is 0 Å². The van der Waals surface area contributed by atoms with Gasteiger partial charge in [-0.1, -0.05) is 24.6 Å². The SMILES string of the molecule is CC=C(C(=O)Nc1cccc(F)c1)c1cc(-c2cncc(CN3CCCCC3)c2)ccc1NCC. The van der Waals surface area contributed by atoms with Crippen LogP contribution in [0, 0.1) is 5.82 Å². The van der Waals surface area contributed by atoms with Crippen molar-refractivity contribution in [3.63, 3.8) is 0 Å². The summed E-state index contributed by atoms with van der Waals surface area (Å²) < 4.78 is 13.6. The van der Waals surface area contributed by atoms with Crippen LogP contribution in [-0.2, 0) is 11.3 Å². The third-order valence-corrected chi connectivity index (χ3v) is 6.28. The number of benzene rings is 2. The van der Waals surface area contributed by atoms with Crippen molar-refractivity contribution in [2.24, 2.45) is 0 Å². The van der Waals surface area contributed by atoms with Crippen molar-refractivity contribution in [3.05, 3.63) is 83.9 Å². The Bertz CT molecular complexity index is 1200. The van der Waals surface area contributed by atoms with Gasteiger partial charge in [-0.25, -0.2) is 4.39 Å². The highest BCUT2D eigenvalue weighted by Gasteiger charge is 2.17. The monoisotopic (exact) mass is 472 g/mol. The molecule has 6 heteroatoms. The molecule has 2 N–H and O–H groups in total. The first-order valence-electron chi connectivity index (χ1n) is 12.4. The predicted molar refractivity (Wildman–Crippen MR) is 142 cm³/mol. The topological polar surface area (TPSA) is 57.3 Å². The summed E-state index contributed by atoms with van der Waals surface area (Å²) >= 11 is 0. The van der Waals surface area contributed by atoms with E-state index in [4.69, 9.17) is 0 Å². The van der Waals surface area contributed by atoms with Gasteiger partial charge in [0, 0.05) is 53.6 Å². The van der Waals surface area contributed by atoms with Gasteiger partial charge >= 0.3 is 0 Å². The second-order valence-electron chi connectivity index (χ2n) is 8.88. The van der Waals surface area contributed by atoms with E-state index in [0.717, 1.165) is 48.6 Å². The Morgan fingerprint density at radius 2 is 1.89 bits per heavy atom. The van der Waals surface area contributed by atoms with Gasteiger partial charge in [-0.3, -0.25) is 14.7 Å². The number of piperidine rings is 1. The molecule has 182 valence electrons. The Labute approximate surface area is 207 Å². The lowest BCUT2D eigenvalue weighted by Gasteiger charge is -2.26. The highest BCUT2D eigenvalue weighted by Crippen LogP contribution is 2.31. The van der Waals surface area contributed by atoms with E-state index in [-0.39, 0.29) is 5.91 Å². The molecule has 1 fully saturated rings. The third-order valence-electron chi connectivity index (χ3n) is 6.28. The highest BCUT2D eigenvalue weighted by atomic mass is 19.1. The Morgan fingerprint density at radius 3 is 2.63 bits per heavy atom. The lowest BCUT2D eigenvalue weighted by molar-refractivity contribution is -0.111. The minimum Gasteiger partial charge on any atom is -0.385 e. The summed E-state index contributed by atoms with van der Waals surface area (Å²) in [4.78, 5) is 20.2. The maximum atomic E-state index is 13.6. The summed E-state index contributed by atoms with van der Waals surface area (Å²) in [5, 5.41) is 6.18. The van der Waals surface area contributed by atoms with Crippen molar-refractivity contribution in [3.8, 4) is 11.1 Å². The van der Waals surface area contributed by atoms with Crippen molar-refractivity contribution in [2.75, 3.05) is 30.3 Å². The molecule has 0 aliphatic carbocycles. The quantitative estimate of drug-likeness (QED) is 0.375. The van der Waals surface area contributed by atoms with E-state index in [1.807, 2.05) is 38.4 Å². The maximum Gasteiger partial charge on any atom is 0.256 e. The van der Waals surface area contributed by atoms with Gasteiger partial charge in [0.2, 0.25) is 0 Å². The molecule has 5 nitrogen and oxygen atoms in total. The number of amides is 1. The highest BCUT2D eigenvalue weighted by molar-refractivity contribution is 6.26. The minimum atomic E-state index is -0.392. The van der Waals surface area contributed by atoms with Gasteiger partial charge in [-0.2, -0.15) is 0 Å². The van der Waals surface area contributed by atoms with Crippen molar-refractivity contribution in [1.29, 1.82) is 0 Å². The first-order valence-corrected chi connectivity index (χ1v) is 12.4. The van der Waals surface area contributed by atoms with Gasteiger partial charge in [0.05, 0.1) is 0 Å². The Kier molecular flexibility index (Phi) is 8.27. The number of pyridine rings is 1. The molecule has 0 spiro atoms. The average molecular weight is 473 g/mol. The molecular formula is C29H33FN4O. The van der Waals surface area contributed by atoms with Crippen molar-refractivity contribution in [2.45, 2.75) is 39.7 Å². The number of allylic oxidation sites excluding steroid dienone is 1. The third kappa shape index (κ3) is 6.34. The van der Waals surface area contributed by atoms with E-state index in [1.165, 1.54) is 37.0 Å². The molecule has 1 aliphatic rings. The van der Waals surface area contributed by atoms with Crippen LogP contribution in [-0.4, -0.2) is 35.4 Å². The van der Waals surface area contributed by atoms with Gasteiger partial charge in [-0.05, 0) is 87.3 Å². The molecule has 0 bridgehead atoms. The normalized spacial score (nSPS) is 14.5. The smallest absolute Gasteiger partial charge is 0.256 e. The summed E-state index contributed by atoms with van der Waals surface area (Å²) in [5.74, 6) is -0.677. The van der Waals surface area contributed by atoms with E-state index in [1.54, 1.807) is 18.2 Å². The molecule has 1 saturated heterocycles. The molecule has 2 aromatic carbocycles. The van der Waals surface area contributed by atoms with Crippen LogP contribution in [0.25, 0.3) is 16.7 Å². The second kappa shape index (κ2) is 11.8. The number of likely N-dealkylation sites (tertiary alicyclic amines) is 1. The molecule has 0 atom stereocenters. The molecule has 0 unspecified atom stereocenters. The van der Waals surface area contributed by atoms with E-state index in [9.17, 15) is 9.18 Å². The molecule has 1 amide bonds. The van der Waals surface area contributed by atoms with Crippen LogP contribution in [0.3, 0.4) is 0 Å². The fourth-order valence-corrected chi connectivity index (χ4v) is 4.57. The van der Waals surface area contributed by atoms with Gasteiger partial charge in [0.25, 0.3) is 5.91 Å². The van der Waals surface area contributed by atoms with Gasteiger partial charge in [-0.15, -0.1) is 0 Å². The first kappa shape index (κ1) is 24.6. The van der Waals surface area contributed by atoms with Crippen LogP contribution < -0.4 is 10.6 Å². The number of halogens is 1. The number of anilines is 2. The standard InChI is InChI=1S/C29H33FN4O/c1-3-26(29(35)33-25-10-8-9-24(30)17-25)27-16-22(11-12-28(27)32-4-2)23-15-21(18-31-19-23)20-34-13-6-5-7-14-34/h3,8-12,15-19,32H,4-7,13-14,20H2,1-2H3,(H,33,35).